The summed E-state index contributed by atoms with van der Waals surface area (Å²) in [6.45, 7) is 4.57. The van der Waals surface area contributed by atoms with Crippen molar-refractivity contribution in [2.75, 3.05) is 0 Å². The predicted octanol–water partition coefficient (Wildman–Crippen LogP) is 4.43. The molecule has 1 N–H and O–H groups in total. The number of hydrogen-bond donors (Lipinski definition) is 1. The normalized spacial score (nSPS) is 35.6. The highest BCUT2D eigenvalue weighted by Crippen LogP contribution is 2.51. The highest BCUT2D eigenvalue weighted by molar-refractivity contribution is 5.13. The second-order valence-corrected chi connectivity index (χ2v) is 7.22. The van der Waals surface area contributed by atoms with Crippen LogP contribution in [0.4, 0.5) is 0 Å². The Bertz CT molecular complexity index is 338. The van der Waals surface area contributed by atoms with Gasteiger partial charge < -0.3 is 5.11 Å². The molecule has 2 nitrogen and oxygen atoms in total. The first-order valence-corrected chi connectivity index (χ1v) is 8.17. The molecule has 2 unspecified atom stereocenters. The molecular formula is C17H29NO. The molecule has 19 heavy (non-hydrogen) atoms. The number of nitrogens with zero attached hydrogens (tertiary/aromatic N) is 1. The molecule has 0 aromatic heterocycles. The van der Waals surface area contributed by atoms with Crippen LogP contribution in [0.25, 0.3) is 0 Å². The Morgan fingerprint density at radius 2 is 1.68 bits per heavy atom. The van der Waals surface area contributed by atoms with Crippen LogP contribution in [0.1, 0.15) is 78.1 Å². The van der Waals surface area contributed by atoms with Crippen LogP contribution < -0.4 is 0 Å². The van der Waals surface area contributed by atoms with Crippen LogP contribution >= 0.6 is 0 Å². The lowest BCUT2D eigenvalue weighted by Crippen LogP contribution is -2.48. The van der Waals surface area contributed by atoms with Gasteiger partial charge in [-0.3, -0.25) is 0 Å². The molecule has 0 radical (unpaired) electrons. The average molecular weight is 263 g/mol. The predicted molar refractivity (Wildman–Crippen MR) is 77.5 cm³/mol. The molecule has 0 spiro atoms. The average Bonchev–Trinajstić information content (AvgIpc) is 2.63. The highest BCUT2D eigenvalue weighted by Gasteiger charge is 2.51. The van der Waals surface area contributed by atoms with Crippen LogP contribution in [0.3, 0.4) is 0 Å². The minimum atomic E-state index is -0.716. The van der Waals surface area contributed by atoms with Crippen LogP contribution in [0.2, 0.25) is 0 Å². The first-order chi connectivity index (χ1) is 9.03. The molecule has 2 aliphatic carbocycles. The number of hydrogen-bond acceptors (Lipinski definition) is 2. The van der Waals surface area contributed by atoms with E-state index in [2.05, 4.69) is 19.9 Å². The van der Waals surface area contributed by atoms with Gasteiger partial charge in [0.15, 0.2) is 0 Å². The van der Waals surface area contributed by atoms with Crippen LogP contribution in [-0.4, -0.2) is 10.7 Å². The molecule has 2 rings (SSSR count). The Morgan fingerprint density at radius 3 is 2.26 bits per heavy atom. The monoisotopic (exact) mass is 263 g/mol. The zero-order chi connectivity index (χ0) is 13.9. The van der Waals surface area contributed by atoms with Crippen molar-refractivity contribution in [1.29, 1.82) is 5.26 Å². The lowest BCUT2D eigenvalue weighted by Gasteiger charge is -2.45. The number of aliphatic hydroxyl groups is 1. The van der Waals surface area contributed by atoms with Crippen LogP contribution in [0.5, 0.6) is 0 Å². The van der Waals surface area contributed by atoms with Crippen LogP contribution in [0, 0.1) is 28.6 Å². The van der Waals surface area contributed by atoms with Gasteiger partial charge in [0.05, 0.1) is 17.1 Å². The van der Waals surface area contributed by atoms with Gasteiger partial charge >= 0.3 is 0 Å². The maximum Gasteiger partial charge on any atom is 0.0860 e. The Balaban J connectivity index is 2.15. The summed E-state index contributed by atoms with van der Waals surface area (Å²) in [4.78, 5) is 0. The van der Waals surface area contributed by atoms with Crippen molar-refractivity contribution in [2.24, 2.45) is 17.3 Å². The smallest absolute Gasteiger partial charge is 0.0860 e. The van der Waals surface area contributed by atoms with Crippen molar-refractivity contribution in [1.82, 2.24) is 0 Å². The summed E-state index contributed by atoms with van der Waals surface area (Å²) in [5, 5.41) is 20.9. The maximum atomic E-state index is 11.2. The molecule has 108 valence electrons. The fraction of sp³-hybridized carbons (Fsp3) is 0.941. The molecule has 0 aromatic carbocycles. The lowest BCUT2D eigenvalue weighted by atomic mass is 9.61. The van der Waals surface area contributed by atoms with Gasteiger partial charge in [0.2, 0.25) is 0 Å². The van der Waals surface area contributed by atoms with Gasteiger partial charge in [-0.2, -0.15) is 5.26 Å². The standard InChI is InChI=1S/C17H29NO/c1-14(2)15-7-6-11-17(19,12-8-15)16(13-18)9-4-3-5-10-16/h14-15,19H,3-12H2,1-2H3. The van der Waals surface area contributed by atoms with Crippen LogP contribution in [-0.2, 0) is 0 Å². The highest BCUT2D eigenvalue weighted by atomic mass is 16.3. The van der Waals surface area contributed by atoms with E-state index in [-0.39, 0.29) is 0 Å². The van der Waals surface area contributed by atoms with E-state index in [1.807, 2.05) is 0 Å². The molecule has 2 atom stereocenters. The third-order valence-corrected chi connectivity index (χ3v) is 5.85. The second kappa shape index (κ2) is 5.83. The SMILES string of the molecule is CC(C)C1CCCC(O)(C2(C#N)CCCCC2)CC1. The van der Waals surface area contributed by atoms with E-state index in [9.17, 15) is 10.4 Å². The Kier molecular flexibility index (Phi) is 4.56. The van der Waals surface area contributed by atoms with E-state index in [4.69, 9.17) is 0 Å². The summed E-state index contributed by atoms with van der Waals surface area (Å²) >= 11 is 0. The summed E-state index contributed by atoms with van der Waals surface area (Å²) < 4.78 is 0. The topological polar surface area (TPSA) is 44.0 Å². The number of nitriles is 1. The zero-order valence-electron chi connectivity index (χ0n) is 12.6. The Morgan fingerprint density at radius 1 is 1.00 bits per heavy atom. The molecule has 2 heteroatoms. The summed E-state index contributed by atoms with van der Waals surface area (Å²) in [5.74, 6) is 1.43. The van der Waals surface area contributed by atoms with Gasteiger partial charge in [-0.15, -0.1) is 0 Å². The molecular weight excluding hydrogens is 234 g/mol. The molecule has 2 aliphatic rings. The van der Waals surface area contributed by atoms with E-state index < -0.39 is 11.0 Å². The van der Waals surface area contributed by atoms with Crippen molar-refractivity contribution in [3.8, 4) is 6.07 Å². The van der Waals surface area contributed by atoms with E-state index in [0.717, 1.165) is 57.3 Å². The van der Waals surface area contributed by atoms with Crippen molar-refractivity contribution in [3.63, 3.8) is 0 Å². The molecule has 2 saturated carbocycles. The van der Waals surface area contributed by atoms with Crippen LogP contribution in [0.15, 0.2) is 0 Å². The zero-order valence-corrected chi connectivity index (χ0v) is 12.6. The molecule has 0 aliphatic heterocycles. The summed E-state index contributed by atoms with van der Waals surface area (Å²) in [6.07, 6.45) is 10.4. The van der Waals surface area contributed by atoms with Gasteiger partial charge in [0.25, 0.3) is 0 Å². The largest absolute Gasteiger partial charge is 0.388 e. The summed E-state index contributed by atoms with van der Waals surface area (Å²) in [5.41, 5.74) is -1.16. The van der Waals surface area contributed by atoms with Gasteiger partial charge in [-0.1, -0.05) is 46.0 Å². The number of rotatable bonds is 2. The maximum absolute atomic E-state index is 11.2. The third kappa shape index (κ3) is 2.82. The molecule has 2 fully saturated rings. The minimum absolute atomic E-state index is 0.447. The fourth-order valence-electron chi connectivity index (χ4n) is 4.33. The molecule has 0 aromatic rings. The van der Waals surface area contributed by atoms with Crippen molar-refractivity contribution >= 4 is 0 Å². The van der Waals surface area contributed by atoms with Gasteiger partial charge in [-0.25, -0.2) is 0 Å². The quantitative estimate of drug-likeness (QED) is 0.749. The van der Waals surface area contributed by atoms with E-state index in [1.54, 1.807) is 0 Å². The molecule has 0 heterocycles. The minimum Gasteiger partial charge on any atom is -0.388 e. The molecule has 0 amide bonds. The third-order valence-electron chi connectivity index (χ3n) is 5.85. The summed E-state index contributed by atoms with van der Waals surface area (Å²) in [7, 11) is 0. The van der Waals surface area contributed by atoms with Gasteiger partial charge in [0, 0.05) is 0 Å². The second-order valence-electron chi connectivity index (χ2n) is 7.22. The molecule has 0 bridgehead atoms. The fourth-order valence-corrected chi connectivity index (χ4v) is 4.33. The van der Waals surface area contributed by atoms with Crippen molar-refractivity contribution < 1.29 is 5.11 Å². The lowest BCUT2D eigenvalue weighted by molar-refractivity contribution is -0.0841. The first-order valence-electron chi connectivity index (χ1n) is 8.17. The first kappa shape index (κ1) is 14.9. The van der Waals surface area contributed by atoms with E-state index >= 15 is 0 Å². The Hall–Kier alpha value is -0.550. The Labute approximate surface area is 118 Å². The molecule has 0 saturated heterocycles. The van der Waals surface area contributed by atoms with Gasteiger partial charge in [0.1, 0.15) is 0 Å². The van der Waals surface area contributed by atoms with E-state index in [0.29, 0.717) is 5.92 Å². The van der Waals surface area contributed by atoms with Crippen molar-refractivity contribution in [2.45, 2.75) is 83.7 Å². The van der Waals surface area contributed by atoms with E-state index in [1.165, 1.54) is 12.8 Å². The summed E-state index contributed by atoms with van der Waals surface area (Å²) in [6, 6.07) is 2.55. The van der Waals surface area contributed by atoms with Crippen molar-refractivity contribution in [3.05, 3.63) is 0 Å². The van der Waals surface area contributed by atoms with Gasteiger partial charge in [-0.05, 0) is 43.9 Å².